The Balaban J connectivity index is 1.45. The molecule has 7 aromatic rings. The van der Waals surface area contributed by atoms with Crippen LogP contribution in [0.4, 0.5) is 0 Å². The predicted octanol–water partition coefficient (Wildman–Crippen LogP) is 12.6. The van der Waals surface area contributed by atoms with Crippen molar-refractivity contribution in [3.05, 3.63) is 125 Å². The van der Waals surface area contributed by atoms with E-state index in [0.29, 0.717) is 17.0 Å². The monoisotopic (exact) mass is 658 g/mol. The van der Waals surface area contributed by atoms with E-state index in [1.54, 1.807) is 6.07 Å². The number of oxazole rings is 1. The van der Waals surface area contributed by atoms with E-state index in [1.807, 2.05) is 18.3 Å². The highest BCUT2D eigenvalue weighted by Crippen LogP contribution is 2.42. The van der Waals surface area contributed by atoms with Crippen molar-refractivity contribution in [3.63, 3.8) is 0 Å². The summed E-state index contributed by atoms with van der Waals surface area (Å²) in [6, 6.07) is 30.0. The first-order chi connectivity index (χ1) is 23.6. The minimum absolute atomic E-state index is 0.0921. The third kappa shape index (κ3) is 5.98. The maximum atomic E-state index is 11.0. The fourth-order valence-corrected chi connectivity index (χ4v) is 7.21. The van der Waals surface area contributed by atoms with Gasteiger partial charge in [-0.3, -0.25) is 4.98 Å². The van der Waals surface area contributed by atoms with Crippen LogP contribution in [0.15, 0.2) is 95.5 Å². The Hall–Kier alpha value is -5.22. The molecule has 0 saturated carbocycles. The Morgan fingerprint density at radius 2 is 1.22 bits per heavy atom. The van der Waals surface area contributed by atoms with Crippen LogP contribution in [0.5, 0.6) is 5.75 Å². The highest BCUT2D eigenvalue weighted by molar-refractivity contribution is 6.01. The van der Waals surface area contributed by atoms with Crippen molar-refractivity contribution >= 4 is 22.0 Å². The lowest BCUT2D eigenvalue weighted by Gasteiger charge is -2.20. The molecule has 0 fully saturated rings. The molecule has 4 nitrogen and oxygen atoms in total. The van der Waals surface area contributed by atoms with Gasteiger partial charge in [-0.15, -0.1) is 0 Å². The summed E-state index contributed by atoms with van der Waals surface area (Å²) in [4.78, 5) is 10.0. The molecule has 0 amide bonds. The lowest BCUT2D eigenvalue weighted by molar-refractivity contribution is 0.472. The van der Waals surface area contributed by atoms with Crippen LogP contribution in [0.25, 0.3) is 66.8 Å². The minimum Gasteiger partial charge on any atom is -0.507 e. The topological polar surface area (TPSA) is 59.2 Å². The first kappa shape index (κ1) is 33.3. The van der Waals surface area contributed by atoms with Crippen LogP contribution in [0.1, 0.15) is 74.9 Å². The number of fused-ring (bicyclic) bond motifs is 2. The van der Waals surface area contributed by atoms with Crippen LogP contribution in [0, 0.1) is 27.7 Å². The Labute approximate surface area is 295 Å². The SMILES string of the molecule is Cc1cc(C)c(-c2cc(-c3cccc(-c4cc(C(C)(C)C)cc5oc(-c6cc(C(C)(C)C)ccc6O)nc45)c3)c3nccc(C)c3c2)c(C)c1. The van der Waals surface area contributed by atoms with Gasteiger partial charge in [0.1, 0.15) is 11.3 Å². The van der Waals surface area contributed by atoms with Crippen molar-refractivity contribution in [3.8, 4) is 50.6 Å². The van der Waals surface area contributed by atoms with E-state index in [4.69, 9.17) is 14.4 Å². The van der Waals surface area contributed by atoms with Gasteiger partial charge >= 0.3 is 0 Å². The summed E-state index contributed by atoms with van der Waals surface area (Å²) in [5.74, 6) is 0.562. The molecule has 50 heavy (non-hydrogen) atoms. The zero-order valence-electron chi connectivity index (χ0n) is 30.9. The van der Waals surface area contributed by atoms with Gasteiger partial charge in [0, 0.05) is 22.7 Å². The van der Waals surface area contributed by atoms with E-state index in [0.717, 1.165) is 49.8 Å². The molecule has 1 N–H and O–H groups in total. The standard InChI is InChI=1S/C46H46N2O2/c1-26-18-28(3)41(29(4)19-26)32-21-35-27(2)16-17-47-42(35)36(22-32)30-12-11-13-31(20-30)37-24-34(46(8,9)10)25-40-43(37)48-44(50-40)38-23-33(45(5,6)7)14-15-39(38)49/h11-25,49H,1-10H3. The third-order valence-corrected chi connectivity index (χ3v) is 9.97. The van der Waals surface area contributed by atoms with E-state index in [-0.39, 0.29) is 16.6 Å². The zero-order valence-corrected chi connectivity index (χ0v) is 30.9. The van der Waals surface area contributed by atoms with Gasteiger partial charge in [0.25, 0.3) is 0 Å². The molecule has 0 aliphatic rings. The Morgan fingerprint density at radius 3 is 1.88 bits per heavy atom. The van der Waals surface area contributed by atoms with Gasteiger partial charge < -0.3 is 9.52 Å². The van der Waals surface area contributed by atoms with Crippen molar-refractivity contribution < 1.29 is 9.52 Å². The predicted molar refractivity (Wildman–Crippen MR) is 209 cm³/mol. The Bertz CT molecular complexity index is 2430. The van der Waals surface area contributed by atoms with E-state index in [1.165, 1.54) is 33.4 Å². The second kappa shape index (κ2) is 12.0. The molecule has 0 aliphatic heterocycles. The van der Waals surface area contributed by atoms with Crippen LogP contribution in [0.2, 0.25) is 0 Å². The maximum Gasteiger partial charge on any atom is 0.231 e. The molecule has 0 atom stereocenters. The number of aromatic nitrogens is 2. The molecular weight excluding hydrogens is 613 g/mol. The summed E-state index contributed by atoms with van der Waals surface area (Å²) in [5.41, 5.74) is 16.8. The molecule has 2 heterocycles. The van der Waals surface area contributed by atoms with Gasteiger partial charge in [0.2, 0.25) is 5.89 Å². The average Bonchev–Trinajstić information content (AvgIpc) is 3.47. The molecule has 2 aromatic heterocycles. The van der Waals surface area contributed by atoms with E-state index in [9.17, 15) is 5.11 Å². The summed E-state index contributed by atoms with van der Waals surface area (Å²) in [6.07, 6.45) is 1.91. The Morgan fingerprint density at radius 1 is 0.580 bits per heavy atom. The van der Waals surface area contributed by atoms with Crippen LogP contribution < -0.4 is 0 Å². The molecule has 4 heteroatoms. The van der Waals surface area contributed by atoms with Crippen molar-refractivity contribution in [2.45, 2.75) is 80.1 Å². The highest BCUT2D eigenvalue weighted by Gasteiger charge is 2.24. The lowest BCUT2D eigenvalue weighted by Crippen LogP contribution is -2.11. The quantitative estimate of drug-likeness (QED) is 0.204. The number of phenols is 1. The first-order valence-electron chi connectivity index (χ1n) is 17.5. The normalized spacial score (nSPS) is 12.3. The summed E-state index contributed by atoms with van der Waals surface area (Å²) >= 11 is 0. The lowest BCUT2D eigenvalue weighted by atomic mass is 9.84. The second-order valence-electron chi connectivity index (χ2n) is 16.0. The van der Waals surface area contributed by atoms with Gasteiger partial charge in [-0.2, -0.15) is 0 Å². The molecule has 0 spiro atoms. The second-order valence-corrected chi connectivity index (χ2v) is 16.0. The molecule has 0 unspecified atom stereocenters. The Kier molecular flexibility index (Phi) is 7.98. The van der Waals surface area contributed by atoms with Crippen molar-refractivity contribution in [2.75, 3.05) is 0 Å². The van der Waals surface area contributed by atoms with Crippen LogP contribution in [-0.2, 0) is 10.8 Å². The number of benzene rings is 5. The van der Waals surface area contributed by atoms with Crippen molar-refractivity contribution in [1.29, 1.82) is 0 Å². The maximum absolute atomic E-state index is 11.0. The van der Waals surface area contributed by atoms with Gasteiger partial charge in [-0.1, -0.05) is 83.5 Å². The van der Waals surface area contributed by atoms with E-state index >= 15 is 0 Å². The van der Waals surface area contributed by atoms with Gasteiger partial charge in [0.05, 0.1) is 11.1 Å². The molecule has 7 rings (SSSR count). The molecule has 0 saturated heterocycles. The average molecular weight is 659 g/mol. The van der Waals surface area contributed by atoms with Crippen LogP contribution in [0.3, 0.4) is 0 Å². The van der Waals surface area contributed by atoms with Crippen LogP contribution >= 0.6 is 0 Å². The third-order valence-electron chi connectivity index (χ3n) is 9.97. The molecule has 0 radical (unpaired) electrons. The van der Waals surface area contributed by atoms with Gasteiger partial charge in [-0.05, 0) is 137 Å². The number of pyridine rings is 1. The molecule has 0 bridgehead atoms. The smallest absolute Gasteiger partial charge is 0.231 e. The number of rotatable bonds is 4. The highest BCUT2D eigenvalue weighted by atomic mass is 16.3. The molecular formula is C46H46N2O2. The summed E-state index contributed by atoms with van der Waals surface area (Å²) in [7, 11) is 0. The van der Waals surface area contributed by atoms with Gasteiger partial charge in [0.15, 0.2) is 5.58 Å². The largest absolute Gasteiger partial charge is 0.507 e. The summed E-state index contributed by atoms with van der Waals surface area (Å²) in [6.45, 7) is 21.8. The van der Waals surface area contributed by atoms with Crippen molar-refractivity contribution in [2.24, 2.45) is 0 Å². The zero-order chi connectivity index (χ0) is 35.7. The fraction of sp³-hybridized carbons (Fsp3) is 0.261. The van der Waals surface area contributed by atoms with Crippen LogP contribution in [-0.4, -0.2) is 15.1 Å². The first-order valence-corrected chi connectivity index (χ1v) is 17.5. The number of hydrogen-bond donors (Lipinski definition) is 1. The number of nitrogens with zero attached hydrogens (tertiary/aromatic N) is 2. The fourth-order valence-electron chi connectivity index (χ4n) is 7.21. The number of aromatic hydroxyl groups is 1. The number of aryl methyl sites for hydroxylation is 4. The number of hydrogen-bond acceptors (Lipinski definition) is 4. The van der Waals surface area contributed by atoms with E-state index in [2.05, 4.69) is 136 Å². The summed E-state index contributed by atoms with van der Waals surface area (Å²) < 4.78 is 6.50. The molecule has 252 valence electrons. The molecule has 0 aliphatic carbocycles. The molecule has 5 aromatic carbocycles. The van der Waals surface area contributed by atoms with E-state index < -0.39 is 0 Å². The van der Waals surface area contributed by atoms with Gasteiger partial charge in [-0.25, -0.2) is 4.98 Å². The minimum atomic E-state index is -0.127. The summed E-state index contributed by atoms with van der Waals surface area (Å²) in [5, 5.41) is 12.1. The number of phenolic OH excluding ortho intramolecular Hbond substituents is 1. The van der Waals surface area contributed by atoms with Crippen molar-refractivity contribution in [1.82, 2.24) is 9.97 Å².